The maximum atomic E-state index is 11.2. The zero-order valence-corrected chi connectivity index (χ0v) is 11.4. The summed E-state index contributed by atoms with van der Waals surface area (Å²) in [7, 11) is 0. The van der Waals surface area contributed by atoms with Crippen molar-refractivity contribution < 1.29 is 9.90 Å². The summed E-state index contributed by atoms with van der Waals surface area (Å²) in [5.74, 6) is 0.621. The first-order chi connectivity index (χ1) is 10.2. The van der Waals surface area contributed by atoms with Crippen molar-refractivity contribution in [2.45, 2.75) is 18.8 Å². The first kappa shape index (κ1) is 12.1. The second kappa shape index (κ2) is 4.45. The fourth-order valence-electron chi connectivity index (χ4n) is 2.69. The molecule has 1 N–H and O–H groups in total. The highest BCUT2D eigenvalue weighted by Gasteiger charge is 2.30. The summed E-state index contributed by atoms with van der Waals surface area (Å²) in [6.07, 6.45) is 2.31. The van der Waals surface area contributed by atoms with Crippen molar-refractivity contribution in [3.63, 3.8) is 0 Å². The molecule has 0 radical (unpaired) electrons. The molecule has 21 heavy (non-hydrogen) atoms. The molecule has 3 aromatic rings. The Balaban J connectivity index is 2.02. The molecule has 2 aromatic carbocycles. The molecular weight excluding hydrogens is 264 g/mol. The summed E-state index contributed by atoms with van der Waals surface area (Å²) in [5.41, 5.74) is 3.04. The number of imidazole rings is 1. The number of aromatic nitrogens is 2. The largest absolute Gasteiger partial charge is 0.478 e. The monoisotopic (exact) mass is 278 g/mol. The van der Waals surface area contributed by atoms with Gasteiger partial charge >= 0.3 is 5.97 Å². The minimum atomic E-state index is -0.911. The molecule has 1 heterocycles. The molecule has 0 spiro atoms. The van der Waals surface area contributed by atoms with Gasteiger partial charge in [0.25, 0.3) is 0 Å². The lowest BCUT2D eigenvalue weighted by molar-refractivity contribution is 0.0697. The van der Waals surface area contributed by atoms with Crippen molar-refractivity contribution >= 4 is 17.0 Å². The SMILES string of the molecule is O=C(O)c1ccc2nc(C3CC3)n(-c3ccccc3)c2c1. The van der Waals surface area contributed by atoms with Crippen LogP contribution in [0.2, 0.25) is 0 Å². The first-order valence-electron chi connectivity index (χ1n) is 7.05. The van der Waals surface area contributed by atoms with Crippen molar-refractivity contribution in [2.75, 3.05) is 0 Å². The van der Waals surface area contributed by atoms with E-state index in [1.165, 1.54) is 0 Å². The molecule has 104 valence electrons. The van der Waals surface area contributed by atoms with Crippen molar-refractivity contribution in [1.29, 1.82) is 0 Å². The van der Waals surface area contributed by atoms with E-state index in [4.69, 9.17) is 4.98 Å². The summed E-state index contributed by atoms with van der Waals surface area (Å²) in [6, 6.07) is 15.1. The van der Waals surface area contributed by atoms with E-state index < -0.39 is 5.97 Å². The smallest absolute Gasteiger partial charge is 0.335 e. The van der Waals surface area contributed by atoms with Gasteiger partial charge in [-0.3, -0.25) is 4.57 Å². The summed E-state index contributed by atoms with van der Waals surface area (Å²) < 4.78 is 2.10. The van der Waals surface area contributed by atoms with Crippen molar-refractivity contribution in [2.24, 2.45) is 0 Å². The fraction of sp³-hybridized carbons (Fsp3) is 0.176. The molecule has 1 aromatic heterocycles. The Morgan fingerprint density at radius 2 is 1.90 bits per heavy atom. The van der Waals surface area contributed by atoms with Gasteiger partial charge in [-0.25, -0.2) is 9.78 Å². The summed E-state index contributed by atoms with van der Waals surface area (Å²) >= 11 is 0. The Kier molecular flexibility index (Phi) is 2.57. The van der Waals surface area contributed by atoms with E-state index in [1.807, 2.05) is 30.3 Å². The van der Waals surface area contributed by atoms with Crippen molar-refractivity contribution in [1.82, 2.24) is 9.55 Å². The fourth-order valence-corrected chi connectivity index (χ4v) is 2.69. The van der Waals surface area contributed by atoms with Crippen molar-refractivity contribution in [3.05, 3.63) is 59.9 Å². The van der Waals surface area contributed by atoms with Crippen LogP contribution in [0.1, 0.15) is 34.9 Å². The van der Waals surface area contributed by atoms with Crippen LogP contribution in [-0.2, 0) is 0 Å². The Hall–Kier alpha value is -2.62. The van der Waals surface area contributed by atoms with E-state index >= 15 is 0 Å². The minimum Gasteiger partial charge on any atom is -0.478 e. The number of aromatic carboxylic acids is 1. The number of hydrogen-bond donors (Lipinski definition) is 1. The number of carboxylic acids is 1. The highest BCUT2D eigenvalue weighted by molar-refractivity contribution is 5.93. The number of rotatable bonds is 3. The molecule has 4 heteroatoms. The zero-order chi connectivity index (χ0) is 14.4. The number of carboxylic acid groups (broad SMARTS) is 1. The molecule has 1 fully saturated rings. The van der Waals surface area contributed by atoms with Gasteiger partial charge in [-0.15, -0.1) is 0 Å². The van der Waals surface area contributed by atoms with Crippen molar-refractivity contribution in [3.8, 4) is 5.69 Å². The Labute approximate surface area is 121 Å². The molecule has 0 bridgehead atoms. The zero-order valence-electron chi connectivity index (χ0n) is 11.4. The number of fused-ring (bicyclic) bond motifs is 1. The third-order valence-corrected chi connectivity index (χ3v) is 3.88. The lowest BCUT2D eigenvalue weighted by atomic mass is 10.2. The number of carbonyl (C=O) groups is 1. The maximum Gasteiger partial charge on any atom is 0.335 e. The molecule has 0 atom stereocenters. The van der Waals surface area contributed by atoms with Crippen LogP contribution >= 0.6 is 0 Å². The van der Waals surface area contributed by atoms with Crippen LogP contribution in [0.4, 0.5) is 0 Å². The van der Waals surface area contributed by atoms with Crippen LogP contribution < -0.4 is 0 Å². The average Bonchev–Trinajstić information content (AvgIpc) is 3.28. The lowest BCUT2D eigenvalue weighted by Crippen LogP contribution is -2.01. The molecule has 0 aliphatic heterocycles. The van der Waals surface area contributed by atoms with E-state index in [1.54, 1.807) is 18.2 Å². The van der Waals surface area contributed by atoms with Gasteiger partial charge in [0.1, 0.15) is 5.82 Å². The van der Waals surface area contributed by atoms with Gasteiger partial charge in [0.15, 0.2) is 0 Å². The number of hydrogen-bond acceptors (Lipinski definition) is 2. The van der Waals surface area contributed by atoms with Crippen LogP contribution in [0.5, 0.6) is 0 Å². The second-order valence-electron chi connectivity index (χ2n) is 5.42. The lowest BCUT2D eigenvalue weighted by Gasteiger charge is -2.08. The predicted octanol–water partition coefficient (Wildman–Crippen LogP) is 3.60. The molecule has 4 nitrogen and oxygen atoms in total. The Bertz CT molecular complexity index is 833. The van der Waals surface area contributed by atoms with Crippen LogP contribution in [-0.4, -0.2) is 20.6 Å². The molecular formula is C17H14N2O2. The molecule has 1 aliphatic rings. The van der Waals surface area contributed by atoms with E-state index in [9.17, 15) is 9.90 Å². The highest BCUT2D eigenvalue weighted by atomic mass is 16.4. The Morgan fingerprint density at radius 3 is 2.57 bits per heavy atom. The van der Waals surface area contributed by atoms with Crippen LogP contribution in [0.15, 0.2) is 48.5 Å². The average molecular weight is 278 g/mol. The van der Waals surface area contributed by atoms with Gasteiger partial charge in [-0.2, -0.15) is 0 Å². The summed E-state index contributed by atoms with van der Waals surface area (Å²) in [4.78, 5) is 15.9. The molecule has 0 unspecified atom stereocenters. The van der Waals surface area contributed by atoms with Gasteiger partial charge < -0.3 is 5.11 Å². The topological polar surface area (TPSA) is 55.1 Å². The second-order valence-corrected chi connectivity index (χ2v) is 5.42. The van der Waals surface area contributed by atoms with Crippen LogP contribution in [0.3, 0.4) is 0 Å². The van der Waals surface area contributed by atoms with Crippen LogP contribution in [0.25, 0.3) is 16.7 Å². The van der Waals surface area contributed by atoms with Gasteiger partial charge in [0.05, 0.1) is 16.6 Å². The van der Waals surface area contributed by atoms with E-state index in [2.05, 4.69) is 4.57 Å². The number of benzene rings is 2. The minimum absolute atomic E-state index is 0.293. The standard InChI is InChI=1S/C17H14N2O2/c20-17(21)12-8-9-14-15(10-12)19(13-4-2-1-3-5-13)16(18-14)11-6-7-11/h1-5,8-11H,6-7H2,(H,20,21). The molecule has 1 aliphatic carbocycles. The molecule has 1 saturated carbocycles. The summed E-state index contributed by atoms with van der Waals surface area (Å²) in [6.45, 7) is 0. The highest BCUT2D eigenvalue weighted by Crippen LogP contribution is 2.41. The first-order valence-corrected chi connectivity index (χ1v) is 7.05. The van der Waals surface area contributed by atoms with E-state index in [0.29, 0.717) is 11.5 Å². The van der Waals surface area contributed by atoms with E-state index in [-0.39, 0.29) is 0 Å². The normalized spacial score (nSPS) is 14.5. The number of nitrogens with zero attached hydrogens (tertiary/aromatic N) is 2. The molecule has 4 rings (SSSR count). The van der Waals surface area contributed by atoms with Gasteiger partial charge in [0, 0.05) is 11.6 Å². The third kappa shape index (κ3) is 2.00. The quantitative estimate of drug-likeness (QED) is 0.796. The van der Waals surface area contributed by atoms with Gasteiger partial charge in [-0.05, 0) is 43.2 Å². The molecule has 0 saturated heterocycles. The predicted molar refractivity (Wildman–Crippen MR) is 80.0 cm³/mol. The van der Waals surface area contributed by atoms with Gasteiger partial charge in [0.2, 0.25) is 0 Å². The third-order valence-electron chi connectivity index (χ3n) is 3.88. The maximum absolute atomic E-state index is 11.2. The van der Waals surface area contributed by atoms with Crippen LogP contribution in [0, 0.1) is 0 Å². The summed E-state index contributed by atoms with van der Waals surface area (Å²) in [5, 5.41) is 9.20. The Morgan fingerprint density at radius 1 is 1.14 bits per heavy atom. The number of para-hydroxylation sites is 1. The van der Waals surface area contributed by atoms with E-state index in [0.717, 1.165) is 35.4 Å². The van der Waals surface area contributed by atoms with Gasteiger partial charge in [-0.1, -0.05) is 18.2 Å². The molecule has 0 amide bonds.